The van der Waals surface area contributed by atoms with E-state index in [0.717, 1.165) is 18.7 Å². The van der Waals surface area contributed by atoms with Gasteiger partial charge in [-0.05, 0) is 105 Å². The van der Waals surface area contributed by atoms with Gasteiger partial charge >= 0.3 is 0 Å². The maximum atomic E-state index is 6.85. The van der Waals surface area contributed by atoms with E-state index < -0.39 is 0 Å². The van der Waals surface area contributed by atoms with E-state index >= 15 is 0 Å². The number of aromatic amines is 1. The molecule has 0 saturated carbocycles. The predicted molar refractivity (Wildman–Crippen MR) is 136 cm³/mol. The molecule has 0 spiro atoms. The maximum absolute atomic E-state index is 6.85. The average molecular weight is 455 g/mol. The van der Waals surface area contributed by atoms with E-state index in [9.17, 15) is 0 Å². The Kier molecular flexibility index (Phi) is 5.93. The highest BCUT2D eigenvalue weighted by Gasteiger charge is 2.33. The first-order valence-electron chi connectivity index (χ1n) is 12.8. The molecule has 1 fully saturated rings. The van der Waals surface area contributed by atoms with Crippen molar-refractivity contribution in [1.82, 2.24) is 24.6 Å². The summed E-state index contributed by atoms with van der Waals surface area (Å²) in [5, 5.41) is 9.16. The molecule has 2 unspecified atom stereocenters. The van der Waals surface area contributed by atoms with Crippen molar-refractivity contribution < 1.29 is 0 Å². The zero-order valence-corrected chi connectivity index (χ0v) is 19.7. The van der Waals surface area contributed by atoms with Gasteiger partial charge in [-0.15, -0.1) is 10.2 Å². The van der Waals surface area contributed by atoms with E-state index in [1.165, 1.54) is 72.8 Å². The lowest BCUT2D eigenvalue weighted by Crippen LogP contribution is -2.43. The number of aryl methyl sites for hydroxylation is 2. The van der Waals surface area contributed by atoms with E-state index in [2.05, 4.69) is 68.7 Å². The Hall–Kier alpha value is -2.96. The number of fused-ring (bicyclic) bond motifs is 2. The number of hydrogen-bond donors (Lipinski definition) is 2. The van der Waals surface area contributed by atoms with E-state index in [1.54, 1.807) is 12.7 Å². The molecule has 6 nitrogen and oxygen atoms in total. The summed E-state index contributed by atoms with van der Waals surface area (Å²) in [4.78, 5) is 6.08. The molecule has 1 aliphatic carbocycles. The molecular weight excluding hydrogens is 420 g/mol. The SMILES string of the molecule is NC(C1CCN(CCCc2c[nH]c3ccc(-n4cnnc4)cc23)CC1)C1CCc2ccccc21. The van der Waals surface area contributed by atoms with Crippen molar-refractivity contribution in [3.63, 3.8) is 0 Å². The summed E-state index contributed by atoms with van der Waals surface area (Å²) >= 11 is 0. The normalized spacial score (nSPS) is 20.1. The number of piperidine rings is 1. The summed E-state index contributed by atoms with van der Waals surface area (Å²) in [5.74, 6) is 1.20. The third-order valence-electron chi connectivity index (χ3n) is 8.21. The minimum atomic E-state index is 0.303. The zero-order chi connectivity index (χ0) is 22.9. The van der Waals surface area contributed by atoms with Gasteiger partial charge in [0.05, 0.1) is 0 Å². The van der Waals surface area contributed by atoms with Crippen molar-refractivity contribution in [2.24, 2.45) is 11.7 Å². The molecule has 6 heteroatoms. The Balaban J connectivity index is 1.02. The maximum Gasteiger partial charge on any atom is 0.123 e. The van der Waals surface area contributed by atoms with Gasteiger partial charge in [0.1, 0.15) is 12.7 Å². The van der Waals surface area contributed by atoms with Crippen LogP contribution in [0.4, 0.5) is 0 Å². The van der Waals surface area contributed by atoms with Crippen LogP contribution in [0.5, 0.6) is 0 Å². The minimum absolute atomic E-state index is 0.303. The van der Waals surface area contributed by atoms with Gasteiger partial charge in [-0.25, -0.2) is 0 Å². The fourth-order valence-corrected chi connectivity index (χ4v) is 6.24. The van der Waals surface area contributed by atoms with Crippen LogP contribution in [0.15, 0.2) is 61.3 Å². The highest BCUT2D eigenvalue weighted by Crippen LogP contribution is 2.38. The van der Waals surface area contributed by atoms with Crippen molar-refractivity contribution in [3.05, 3.63) is 78.0 Å². The Labute approximate surface area is 201 Å². The quantitative estimate of drug-likeness (QED) is 0.433. The van der Waals surface area contributed by atoms with Crippen molar-refractivity contribution in [2.45, 2.75) is 50.5 Å². The van der Waals surface area contributed by atoms with Gasteiger partial charge in [0.25, 0.3) is 0 Å². The van der Waals surface area contributed by atoms with Crippen LogP contribution in [0, 0.1) is 5.92 Å². The first kappa shape index (κ1) is 21.6. The number of likely N-dealkylation sites (tertiary alicyclic amines) is 1. The standard InChI is InChI=1S/C28H34N6/c29-28(25-9-7-20-4-1-2-6-24(20)25)21-11-14-33(15-12-21)13-3-5-22-17-30-27-10-8-23(16-26(22)27)34-18-31-32-19-34/h1-2,4,6,8,10,16-19,21,25,28,30H,3,5,7,9,11-15,29H2. The number of nitrogens with zero attached hydrogens (tertiary/aromatic N) is 4. The zero-order valence-electron chi connectivity index (χ0n) is 19.7. The summed E-state index contributed by atoms with van der Waals surface area (Å²) in [5.41, 5.74) is 13.6. The molecule has 0 bridgehead atoms. The minimum Gasteiger partial charge on any atom is -0.361 e. The van der Waals surface area contributed by atoms with E-state index in [-0.39, 0.29) is 0 Å². The highest BCUT2D eigenvalue weighted by molar-refractivity contribution is 5.85. The van der Waals surface area contributed by atoms with Gasteiger partial charge in [0.2, 0.25) is 0 Å². The van der Waals surface area contributed by atoms with Crippen molar-refractivity contribution >= 4 is 10.9 Å². The van der Waals surface area contributed by atoms with Crippen molar-refractivity contribution in [1.29, 1.82) is 0 Å². The number of H-pyrrole nitrogens is 1. The molecule has 3 heterocycles. The van der Waals surface area contributed by atoms with Gasteiger partial charge in [-0.3, -0.25) is 4.57 Å². The summed E-state index contributed by atoms with van der Waals surface area (Å²) in [6.45, 7) is 3.52. The Morgan fingerprint density at radius 3 is 2.71 bits per heavy atom. The molecule has 2 aromatic carbocycles. The molecule has 176 valence electrons. The summed E-state index contributed by atoms with van der Waals surface area (Å²) in [7, 11) is 0. The molecule has 2 aliphatic rings. The van der Waals surface area contributed by atoms with Crippen LogP contribution >= 0.6 is 0 Å². The molecule has 34 heavy (non-hydrogen) atoms. The molecule has 2 aromatic heterocycles. The van der Waals surface area contributed by atoms with Gasteiger partial charge in [-0.2, -0.15) is 0 Å². The molecule has 2 atom stereocenters. The molecule has 1 saturated heterocycles. The lowest BCUT2D eigenvalue weighted by atomic mass is 9.80. The van der Waals surface area contributed by atoms with Gasteiger partial charge in [0.15, 0.2) is 0 Å². The molecule has 0 radical (unpaired) electrons. The second-order valence-corrected chi connectivity index (χ2v) is 10.1. The van der Waals surface area contributed by atoms with Crippen LogP contribution in [-0.4, -0.2) is 50.3 Å². The molecule has 1 aliphatic heterocycles. The third-order valence-corrected chi connectivity index (χ3v) is 8.21. The molecule has 6 rings (SSSR count). The van der Waals surface area contributed by atoms with Crippen LogP contribution in [-0.2, 0) is 12.8 Å². The monoisotopic (exact) mass is 454 g/mol. The number of rotatable bonds is 7. The van der Waals surface area contributed by atoms with E-state index in [1.807, 2.05) is 4.57 Å². The smallest absolute Gasteiger partial charge is 0.123 e. The summed E-state index contributed by atoms with van der Waals surface area (Å²) < 4.78 is 1.95. The second kappa shape index (κ2) is 9.35. The van der Waals surface area contributed by atoms with Gasteiger partial charge in [-0.1, -0.05) is 24.3 Å². The number of nitrogens with two attached hydrogens (primary N) is 1. The summed E-state index contributed by atoms with van der Waals surface area (Å²) in [6.07, 6.45) is 12.8. The van der Waals surface area contributed by atoms with Crippen LogP contribution in [0.3, 0.4) is 0 Å². The third kappa shape index (κ3) is 4.17. The number of hydrogen-bond acceptors (Lipinski definition) is 4. The number of benzene rings is 2. The Morgan fingerprint density at radius 2 is 1.85 bits per heavy atom. The Morgan fingerprint density at radius 1 is 1.03 bits per heavy atom. The summed E-state index contributed by atoms with van der Waals surface area (Å²) in [6, 6.07) is 15.7. The Bertz CT molecular complexity index is 1240. The fourth-order valence-electron chi connectivity index (χ4n) is 6.24. The topological polar surface area (TPSA) is 75.8 Å². The molecule has 3 N–H and O–H groups in total. The highest BCUT2D eigenvalue weighted by atomic mass is 15.2. The number of nitrogens with one attached hydrogen (secondary N) is 1. The van der Waals surface area contributed by atoms with Crippen molar-refractivity contribution in [3.8, 4) is 5.69 Å². The van der Waals surface area contributed by atoms with E-state index in [0.29, 0.717) is 17.9 Å². The fraction of sp³-hybridized carbons (Fsp3) is 0.429. The largest absolute Gasteiger partial charge is 0.361 e. The lowest BCUT2D eigenvalue weighted by Gasteiger charge is -2.37. The van der Waals surface area contributed by atoms with Crippen LogP contribution < -0.4 is 5.73 Å². The van der Waals surface area contributed by atoms with Crippen molar-refractivity contribution in [2.75, 3.05) is 19.6 Å². The molecule has 4 aromatic rings. The molecular formula is C28H34N6. The van der Waals surface area contributed by atoms with Crippen LogP contribution in [0.2, 0.25) is 0 Å². The van der Waals surface area contributed by atoms with Crippen LogP contribution in [0.25, 0.3) is 16.6 Å². The lowest BCUT2D eigenvalue weighted by molar-refractivity contribution is 0.160. The average Bonchev–Trinajstić information content (AvgIpc) is 3.64. The first-order valence-corrected chi connectivity index (χ1v) is 12.8. The van der Waals surface area contributed by atoms with Gasteiger partial charge < -0.3 is 15.6 Å². The van der Waals surface area contributed by atoms with E-state index in [4.69, 9.17) is 5.73 Å². The molecule has 0 amide bonds. The predicted octanol–water partition coefficient (Wildman–Crippen LogP) is 4.45. The number of aromatic nitrogens is 4. The van der Waals surface area contributed by atoms with Gasteiger partial charge in [0, 0.05) is 28.8 Å². The van der Waals surface area contributed by atoms with Crippen LogP contribution in [0.1, 0.15) is 48.3 Å². The second-order valence-electron chi connectivity index (χ2n) is 10.1. The first-order chi connectivity index (χ1) is 16.8.